The third kappa shape index (κ3) is 1.32. The number of benzene rings is 1. The van der Waals surface area contributed by atoms with Gasteiger partial charge in [-0.05, 0) is 24.1 Å². The molecule has 0 saturated heterocycles. The van der Waals surface area contributed by atoms with Crippen LogP contribution in [-0.2, 0) is 0 Å². The zero-order valence-corrected chi connectivity index (χ0v) is 7.18. The van der Waals surface area contributed by atoms with E-state index in [4.69, 9.17) is 17.3 Å². The molecule has 0 radical (unpaired) electrons. The van der Waals surface area contributed by atoms with Crippen molar-refractivity contribution in [1.29, 1.82) is 0 Å². The maximum atomic E-state index is 12.9. The first-order valence-electron chi connectivity index (χ1n) is 3.89. The van der Waals surface area contributed by atoms with Crippen LogP contribution in [0.4, 0.5) is 4.39 Å². The molecule has 0 heterocycles. The van der Waals surface area contributed by atoms with Crippen LogP contribution in [0.15, 0.2) is 18.2 Å². The minimum Gasteiger partial charge on any atom is -0.327 e. The molecule has 0 bridgehead atoms. The van der Waals surface area contributed by atoms with E-state index in [2.05, 4.69) is 0 Å². The lowest BCUT2D eigenvalue weighted by Crippen LogP contribution is -2.01. The fraction of sp³-hybridized carbons (Fsp3) is 0.333. The molecule has 2 atom stereocenters. The van der Waals surface area contributed by atoms with Crippen LogP contribution in [0.3, 0.4) is 0 Å². The quantitative estimate of drug-likeness (QED) is 0.714. The molecule has 3 heteroatoms. The molecule has 1 nitrogen and oxygen atoms in total. The molecule has 1 aromatic carbocycles. The molecule has 1 saturated carbocycles. The van der Waals surface area contributed by atoms with E-state index in [1.54, 1.807) is 6.07 Å². The van der Waals surface area contributed by atoms with E-state index in [9.17, 15) is 4.39 Å². The standard InChI is InChI=1S/C9H9ClFN/c10-7-2-1-5(3-8(7)11)6-4-9(6)12/h1-3,6,9H,4,12H2/t6-,9-/m0/s1. The van der Waals surface area contributed by atoms with Crippen molar-refractivity contribution >= 4 is 11.6 Å². The van der Waals surface area contributed by atoms with Crippen molar-refractivity contribution in [2.45, 2.75) is 18.4 Å². The van der Waals surface area contributed by atoms with Crippen LogP contribution in [-0.4, -0.2) is 6.04 Å². The Morgan fingerprint density at radius 3 is 2.67 bits per heavy atom. The minimum absolute atomic E-state index is 0.174. The predicted octanol–water partition coefficient (Wildman–Crippen LogP) is 2.29. The maximum absolute atomic E-state index is 12.9. The Hall–Kier alpha value is -0.600. The van der Waals surface area contributed by atoms with Gasteiger partial charge in [-0.15, -0.1) is 0 Å². The molecule has 1 fully saturated rings. The van der Waals surface area contributed by atoms with Crippen molar-refractivity contribution in [2.24, 2.45) is 5.73 Å². The third-order valence-electron chi connectivity index (χ3n) is 2.21. The summed E-state index contributed by atoms with van der Waals surface area (Å²) in [5.41, 5.74) is 6.59. The summed E-state index contributed by atoms with van der Waals surface area (Å²) in [5, 5.41) is 0.174. The summed E-state index contributed by atoms with van der Waals surface area (Å²) in [6.45, 7) is 0. The lowest BCUT2D eigenvalue weighted by Gasteiger charge is -1.99. The number of rotatable bonds is 1. The summed E-state index contributed by atoms with van der Waals surface area (Å²) in [6.07, 6.45) is 0.959. The summed E-state index contributed by atoms with van der Waals surface area (Å²) < 4.78 is 12.9. The second-order valence-corrected chi connectivity index (χ2v) is 3.59. The van der Waals surface area contributed by atoms with Crippen molar-refractivity contribution in [1.82, 2.24) is 0 Å². The summed E-state index contributed by atoms with van der Waals surface area (Å²) in [6, 6.07) is 5.10. The number of halogens is 2. The van der Waals surface area contributed by atoms with Crippen LogP contribution in [0.1, 0.15) is 17.9 Å². The fourth-order valence-corrected chi connectivity index (χ4v) is 1.46. The topological polar surface area (TPSA) is 26.0 Å². The van der Waals surface area contributed by atoms with Gasteiger partial charge >= 0.3 is 0 Å². The maximum Gasteiger partial charge on any atom is 0.142 e. The van der Waals surface area contributed by atoms with E-state index in [1.165, 1.54) is 6.07 Å². The zero-order chi connectivity index (χ0) is 8.72. The monoisotopic (exact) mass is 185 g/mol. The molecule has 1 aliphatic rings. The van der Waals surface area contributed by atoms with Crippen LogP contribution in [0.5, 0.6) is 0 Å². The van der Waals surface area contributed by atoms with Crippen LogP contribution in [0, 0.1) is 5.82 Å². The van der Waals surface area contributed by atoms with Gasteiger partial charge in [0.2, 0.25) is 0 Å². The Labute approximate surface area is 75.3 Å². The van der Waals surface area contributed by atoms with E-state index in [0.717, 1.165) is 12.0 Å². The SMILES string of the molecule is N[C@H]1C[C@H]1c1ccc(Cl)c(F)c1. The molecular formula is C9H9ClFN. The molecule has 2 rings (SSSR count). The van der Waals surface area contributed by atoms with Gasteiger partial charge < -0.3 is 5.73 Å². The molecule has 0 aromatic heterocycles. The second-order valence-electron chi connectivity index (χ2n) is 3.18. The lowest BCUT2D eigenvalue weighted by molar-refractivity contribution is 0.625. The predicted molar refractivity (Wildman–Crippen MR) is 46.7 cm³/mol. The van der Waals surface area contributed by atoms with Gasteiger partial charge in [-0.1, -0.05) is 17.7 Å². The van der Waals surface area contributed by atoms with E-state index < -0.39 is 0 Å². The summed E-state index contributed by atoms with van der Waals surface area (Å²) >= 11 is 5.54. The Morgan fingerprint density at radius 1 is 1.50 bits per heavy atom. The zero-order valence-electron chi connectivity index (χ0n) is 6.43. The highest BCUT2D eigenvalue weighted by Crippen LogP contribution is 2.39. The van der Waals surface area contributed by atoms with Gasteiger partial charge in [0.15, 0.2) is 0 Å². The van der Waals surface area contributed by atoms with Crippen LogP contribution >= 0.6 is 11.6 Å². The molecule has 1 aliphatic carbocycles. The van der Waals surface area contributed by atoms with Gasteiger partial charge in [-0.3, -0.25) is 0 Å². The molecule has 2 N–H and O–H groups in total. The molecule has 12 heavy (non-hydrogen) atoms. The minimum atomic E-state index is -0.353. The Kier molecular flexibility index (Phi) is 1.81. The summed E-state index contributed by atoms with van der Waals surface area (Å²) in [5.74, 6) is -0.00923. The Morgan fingerprint density at radius 2 is 2.17 bits per heavy atom. The molecular weight excluding hydrogens is 177 g/mol. The highest BCUT2D eigenvalue weighted by Gasteiger charge is 2.34. The largest absolute Gasteiger partial charge is 0.327 e. The van der Waals surface area contributed by atoms with Crippen molar-refractivity contribution in [3.63, 3.8) is 0 Å². The van der Waals surface area contributed by atoms with Crippen molar-refractivity contribution in [2.75, 3.05) is 0 Å². The molecule has 0 unspecified atom stereocenters. The molecule has 0 amide bonds. The Bertz CT molecular complexity index is 313. The second kappa shape index (κ2) is 2.71. The molecule has 64 valence electrons. The van der Waals surface area contributed by atoms with Crippen LogP contribution in [0.25, 0.3) is 0 Å². The van der Waals surface area contributed by atoms with Gasteiger partial charge in [0.25, 0.3) is 0 Å². The van der Waals surface area contributed by atoms with Crippen molar-refractivity contribution < 1.29 is 4.39 Å². The normalized spacial score (nSPS) is 27.2. The Balaban J connectivity index is 2.29. The number of hydrogen-bond donors (Lipinski definition) is 1. The molecule has 0 aliphatic heterocycles. The molecule has 1 aromatic rings. The van der Waals surface area contributed by atoms with Crippen molar-refractivity contribution in [3.05, 3.63) is 34.6 Å². The van der Waals surface area contributed by atoms with Gasteiger partial charge in [0, 0.05) is 12.0 Å². The number of nitrogens with two attached hydrogens (primary N) is 1. The number of hydrogen-bond acceptors (Lipinski definition) is 1. The van der Waals surface area contributed by atoms with E-state index >= 15 is 0 Å². The highest BCUT2D eigenvalue weighted by atomic mass is 35.5. The average Bonchev–Trinajstić information content (AvgIpc) is 2.73. The van der Waals surface area contributed by atoms with Crippen LogP contribution < -0.4 is 5.73 Å². The third-order valence-corrected chi connectivity index (χ3v) is 2.52. The van der Waals surface area contributed by atoms with Gasteiger partial charge in [-0.25, -0.2) is 4.39 Å². The average molecular weight is 186 g/mol. The van der Waals surface area contributed by atoms with E-state index in [0.29, 0.717) is 5.92 Å². The molecule has 0 spiro atoms. The smallest absolute Gasteiger partial charge is 0.142 e. The van der Waals surface area contributed by atoms with Gasteiger partial charge in [-0.2, -0.15) is 0 Å². The fourth-order valence-electron chi connectivity index (χ4n) is 1.34. The van der Waals surface area contributed by atoms with E-state index in [1.807, 2.05) is 6.07 Å². The highest BCUT2D eigenvalue weighted by molar-refractivity contribution is 6.30. The van der Waals surface area contributed by atoms with Gasteiger partial charge in [0.1, 0.15) is 5.82 Å². The van der Waals surface area contributed by atoms with Crippen LogP contribution in [0.2, 0.25) is 5.02 Å². The first-order chi connectivity index (χ1) is 5.68. The lowest BCUT2D eigenvalue weighted by atomic mass is 10.1. The first-order valence-corrected chi connectivity index (χ1v) is 4.27. The first kappa shape index (κ1) is 8.02. The van der Waals surface area contributed by atoms with Gasteiger partial charge in [0.05, 0.1) is 5.02 Å². The summed E-state index contributed by atoms with van der Waals surface area (Å²) in [4.78, 5) is 0. The van der Waals surface area contributed by atoms with Crippen molar-refractivity contribution in [3.8, 4) is 0 Å². The summed E-state index contributed by atoms with van der Waals surface area (Å²) in [7, 11) is 0. The van der Waals surface area contributed by atoms with E-state index in [-0.39, 0.29) is 16.9 Å².